The van der Waals surface area contributed by atoms with E-state index in [9.17, 15) is 4.79 Å². The summed E-state index contributed by atoms with van der Waals surface area (Å²) >= 11 is 0. The fourth-order valence-electron chi connectivity index (χ4n) is 4.22. The number of carbonyl (C=O) groups excluding carboxylic acids is 1. The third-order valence-electron chi connectivity index (χ3n) is 5.67. The molecule has 8 nitrogen and oxygen atoms in total. The number of hydrogen-bond acceptors (Lipinski definition) is 7. The maximum absolute atomic E-state index is 13.5. The predicted octanol–water partition coefficient (Wildman–Crippen LogP) is 2.00. The summed E-state index contributed by atoms with van der Waals surface area (Å²) in [7, 11) is 0. The third-order valence-corrected chi connectivity index (χ3v) is 5.67. The van der Waals surface area contributed by atoms with Gasteiger partial charge in [0.25, 0.3) is 11.8 Å². The number of nitrogens with zero attached hydrogens (tertiary/aromatic N) is 3. The standard InChI is InChI=1S/C19H23N5O3/c25-18-19(7-9-20-10-8-19)22-13-4-1-2-5-14(13)24(18)12-16-21-17(27-23-16)15-6-3-11-26-15/h1-2,4-5,15,20,22H,3,6-12H2. The third kappa shape index (κ3) is 2.89. The number of piperidine rings is 1. The molecule has 142 valence electrons. The Balaban J connectivity index is 1.45. The van der Waals surface area contributed by atoms with E-state index in [0.29, 0.717) is 18.3 Å². The Hall–Kier alpha value is -2.45. The summed E-state index contributed by atoms with van der Waals surface area (Å²) in [6, 6.07) is 7.90. The molecule has 8 heteroatoms. The van der Waals surface area contributed by atoms with Crippen molar-refractivity contribution < 1.29 is 14.1 Å². The van der Waals surface area contributed by atoms with Crippen LogP contribution in [0.4, 0.5) is 11.4 Å². The molecule has 1 atom stereocenters. The average Bonchev–Trinajstić information content (AvgIpc) is 3.38. The minimum Gasteiger partial charge on any atom is -0.369 e. The van der Waals surface area contributed by atoms with Gasteiger partial charge in [0.2, 0.25) is 0 Å². The molecule has 1 amide bonds. The molecule has 1 unspecified atom stereocenters. The van der Waals surface area contributed by atoms with Gasteiger partial charge < -0.3 is 24.8 Å². The van der Waals surface area contributed by atoms with Crippen molar-refractivity contribution in [2.24, 2.45) is 0 Å². The highest BCUT2D eigenvalue weighted by Gasteiger charge is 2.46. The van der Waals surface area contributed by atoms with Gasteiger partial charge in [0.1, 0.15) is 11.6 Å². The van der Waals surface area contributed by atoms with Crippen LogP contribution in [0.5, 0.6) is 0 Å². The lowest BCUT2D eigenvalue weighted by Gasteiger charge is -2.45. The van der Waals surface area contributed by atoms with Crippen LogP contribution in [0.2, 0.25) is 0 Å². The summed E-state index contributed by atoms with van der Waals surface area (Å²) < 4.78 is 11.0. The van der Waals surface area contributed by atoms with Gasteiger partial charge in [0, 0.05) is 6.61 Å². The van der Waals surface area contributed by atoms with Crippen molar-refractivity contribution in [1.82, 2.24) is 15.5 Å². The Bertz CT molecular complexity index is 839. The van der Waals surface area contributed by atoms with Crippen LogP contribution in [0.15, 0.2) is 28.8 Å². The Morgan fingerprint density at radius 1 is 1.26 bits per heavy atom. The molecule has 2 fully saturated rings. The molecule has 2 saturated heterocycles. The first-order valence-corrected chi connectivity index (χ1v) is 9.59. The second-order valence-corrected chi connectivity index (χ2v) is 7.42. The van der Waals surface area contributed by atoms with Crippen LogP contribution in [-0.4, -0.2) is 41.3 Å². The zero-order chi connectivity index (χ0) is 18.3. The highest BCUT2D eigenvalue weighted by Crippen LogP contribution is 2.39. The lowest BCUT2D eigenvalue weighted by Crippen LogP contribution is -2.61. The number of carbonyl (C=O) groups is 1. The van der Waals surface area contributed by atoms with Crippen LogP contribution in [0.1, 0.15) is 43.5 Å². The summed E-state index contributed by atoms with van der Waals surface area (Å²) in [4.78, 5) is 19.7. The Kier molecular flexibility index (Phi) is 4.09. The molecule has 1 spiro atoms. The van der Waals surface area contributed by atoms with Crippen molar-refractivity contribution in [3.8, 4) is 0 Å². The van der Waals surface area contributed by atoms with E-state index in [1.165, 1.54) is 0 Å². The summed E-state index contributed by atoms with van der Waals surface area (Å²) in [6.45, 7) is 2.66. The molecule has 0 radical (unpaired) electrons. The molecule has 4 heterocycles. The van der Waals surface area contributed by atoms with E-state index in [-0.39, 0.29) is 12.0 Å². The average molecular weight is 369 g/mol. The summed E-state index contributed by atoms with van der Waals surface area (Å²) in [5.74, 6) is 1.09. The van der Waals surface area contributed by atoms with Gasteiger partial charge in [-0.15, -0.1) is 0 Å². The Labute approximate surface area is 157 Å². The van der Waals surface area contributed by atoms with E-state index >= 15 is 0 Å². The van der Waals surface area contributed by atoms with Crippen LogP contribution in [-0.2, 0) is 16.1 Å². The van der Waals surface area contributed by atoms with Crippen molar-refractivity contribution in [2.75, 3.05) is 29.9 Å². The van der Waals surface area contributed by atoms with Crippen LogP contribution < -0.4 is 15.5 Å². The first-order valence-electron chi connectivity index (χ1n) is 9.59. The van der Waals surface area contributed by atoms with Crippen molar-refractivity contribution in [1.29, 1.82) is 0 Å². The summed E-state index contributed by atoms with van der Waals surface area (Å²) in [5.41, 5.74) is 1.26. The number of para-hydroxylation sites is 2. The minimum atomic E-state index is -0.569. The molecule has 0 bridgehead atoms. The van der Waals surface area contributed by atoms with Gasteiger partial charge in [-0.25, -0.2) is 0 Å². The van der Waals surface area contributed by atoms with Crippen molar-refractivity contribution in [3.63, 3.8) is 0 Å². The van der Waals surface area contributed by atoms with Gasteiger partial charge in [-0.2, -0.15) is 4.98 Å². The number of amides is 1. The second kappa shape index (κ2) is 6.61. The van der Waals surface area contributed by atoms with Crippen molar-refractivity contribution >= 4 is 17.3 Å². The van der Waals surface area contributed by atoms with Gasteiger partial charge in [-0.05, 0) is 50.9 Å². The Morgan fingerprint density at radius 2 is 2.11 bits per heavy atom. The summed E-state index contributed by atoms with van der Waals surface area (Å²) in [6.07, 6.45) is 3.29. The van der Waals surface area contributed by atoms with Gasteiger partial charge in [0.05, 0.1) is 17.9 Å². The Morgan fingerprint density at radius 3 is 2.93 bits per heavy atom. The SMILES string of the molecule is O=C1N(Cc2noc(C3CCCO3)n2)c2ccccc2NC12CCNCC2. The van der Waals surface area contributed by atoms with E-state index < -0.39 is 5.54 Å². The zero-order valence-electron chi connectivity index (χ0n) is 15.1. The smallest absolute Gasteiger partial charge is 0.255 e. The molecule has 1 aromatic heterocycles. The van der Waals surface area contributed by atoms with E-state index in [1.54, 1.807) is 4.90 Å². The summed E-state index contributed by atoms with van der Waals surface area (Å²) in [5, 5.41) is 11.0. The second-order valence-electron chi connectivity index (χ2n) is 7.42. The number of anilines is 2. The molecule has 27 heavy (non-hydrogen) atoms. The van der Waals surface area contributed by atoms with E-state index in [0.717, 1.165) is 56.8 Å². The lowest BCUT2D eigenvalue weighted by atomic mass is 9.84. The number of ether oxygens (including phenoxy) is 1. The monoisotopic (exact) mass is 369 g/mol. The number of aromatic nitrogens is 2. The van der Waals surface area contributed by atoms with Crippen LogP contribution in [0, 0.1) is 0 Å². The molecule has 2 N–H and O–H groups in total. The maximum Gasteiger partial charge on any atom is 0.255 e. The van der Waals surface area contributed by atoms with Crippen LogP contribution >= 0.6 is 0 Å². The maximum atomic E-state index is 13.5. The molecule has 5 rings (SSSR count). The number of fused-ring (bicyclic) bond motifs is 1. The van der Waals surface area contributed by atoms with Gasteiger partial charge >= 0.3 is 0 Å². The van der Waals surface area contributed by atoms with E-state index in [4.69, 9.17) is 9.26 Å². The molecule has 3 aliphatic heterocycles. The normalized spacial score (nSPS) is 24.1. The topological polar surface area (TPSA) is 92.5 Å². The number of benzene rings is 1. The quantitative estimate of drug-likeness (QED) is 0.855. The van der Waals surface area contributed by atoms with Crippen LogP contribution in [0.3, 0.4) is 0 Å². The molecule has 0 aliphatic carbocycles. The van der Waals surface area contributed by atoms with Gasteiger partial charge in [0.15, 0.2) is 5.82 Å². The first-order chi connectivity index (χ1) is 13.3. The highest BCUT2D eigenvalue weighted by molar-refractivity contribution is 6.07. The molecule has 0 saturated carbocycles. The first kappa shape index (κ1) is 16.7. The lowest BCUT2D eigenvalue weighted by molar-refractivity contribution is -0.124. The molecule has 2 aromatic rings. The fraction of sp³-hybridized carbons (Fsp3) is 0.526. The van der Waals surface area contributed by atoms with Crippen LogP contribution in [0.25, 0.3) is 0 Å². The molecular weight excluding hydrogens is 346 g/mol. The zero-order valence-corrected chi connectivity index (χ0v) is 15.1. The number of nitrogens with one attached hydrogen (secondary N) is 2. The van der Waals surface area contributed by atoms with Crippen molar-refractivity contribution in [3.05, 3.63) is 36.0 Å². The minimum absolute atomic E-state index is 0.0752. The highest BCUT2D eigenvalue weighted by atomic mass is 16.5. The number of hydrogen-bond donors (Lipinski definition) is 2. The van der Waals surface area contributed by atoms with E-state index in [2.05, 4.69) is 20.8 Å². The van der Waals surface area contributed by atoms with Gasteiger partial charge in [-0.3, -0.25) is 4.79 Å². The predicted molar refractivity (Wildman–Crippen MR) is 98.3 cm³/mol. The molecule has 3 aliphatic rings. The van der Waals surface area contributed by atoms with Crippen molar-refractivity contribution in [2.45, 2.75) is 43.9 Å². The largest absolute Gasteiger partial charge is 0.369 e. The van der Waals surface area contributed by atoms with Gasteiger partial charge in [-0.1, -0.05) is 17.3 Å². The fourth-order valence-corrected chi connectivity index (χ4v) is 4.22. The molecule has 1 aromatic carbocycles. The molecular formula is C19H23N5O3. The number of rotatable bonds is 3. The van der Waals surface area contributed by atoms with E-state index in [1.807, 2.05) is 24.3 Å².